The highest BCUT2D eigenvalue weighted by atomic mass is 16.5. The molecule has 0 aliphatic heterocycles. The van der Waals surface area contributed by atoms with Crippen molar-refractivity contribution in [2.75, 3.05) is 7.11 Å². The van der Waals surface area contributed by atoms with Gasteiger partial charge in [-0.05, 0) is 42.3 Å². The van der Waals surface area contributed by atoms with Gasteiger partial charge < -0.3 is 9.47 Å². The van der Waals surface area contributed by atoms with Crippen molar-refractivity contribution in [1.82, 2.24) is 5.43 Å². The van der Waals surface area contributed by atoms with Crippen molar-refractivity contribution >= 4 is 12.1 Å². The average Bonchev–Trinajstić information content (AvgIpc) is 2.75. The van der Waals surface area contributed by atoms with Gasteiger partial charge in [-0.15, -0.1) is 0 Å². The second-order valence-electron chi connectivity index (χ2n) is 6.13. The number of ether oxygens (including phenoxy) is 2. The molecule has 1 N–H and O–H groups in total. The molecular weight excluding hydrogens is 352 g/mol. The molecule has 5 nitrogen and oxygen atoms in total. The average molecular weight is 374 g/mol. The molecule has 0 aliphatic rings. The molecule has 5 heteroatoms. The number of hydrogen-bond donors (Lipinski definition) is 1. The third kappa shape index (κ3) is 4.98. The number of hydrazone groups is 1. The molecule has 142 valence electrons. The molecule has 0 spiro atoms. The minimum Gasteiger partial charge on any atom is -0.496 e. The van der Waals surface area contributed by atoms with Gasteiger partial charge in [-0.1, -0.05) is 54.6 Å². The van der Waals surface area contributed by atoms with Crippen molar-refractivity contribution in [2.45, 2.75) is 13.0 Å². The van der Waals surface area contributed by atoms with Crippen LogP contribution in [-0.2, 0) is 4.79 Å². The first-order valence-electron chi connectivity index (χ1n) is 8.95. The normalized spacial score (nSPS) is 11.8. The first kappa shape index (κ1) is 19.2. The van der Waals surface area contributed by atoms with Gasteiger partial charge >= 0.3 is 0 Å². The highest BCUT2D eigenvalue weighted by molar-refractivity contribution is 5.86. The standard InChI is InChI=1S/C23H22N2O3/c1-17(23(26)25-24-16-20-10-6-7-11-22(20)27-2)28-21-14-12-19(13-15-21)18-8-4-3-5-9-18/h3-17H,1-2H3,(H,25,26). The van der Waals surface area contributed by atoms with Crippen LogP contribution in [0.3, 0.4) is 0 Å². The van der Waals surface area contributed by atoms with E-state index in [0.29, 0.717) is 11.5 Å². The highest BCUT2D eigenvalue weighted by Crippen LogP contribution is 2.22. The number of carbonyl (C=O) groups excluding carboxylic acids is 1. The van der Waals surface area contributed by atoms with E-state index < -0.39 is 6.10 Å². The molecule has 28 heavy (non-hydrogen) atoms. The molecule has 1 unspecified atom stereocenters. The number of benzene rings is 3. The lowest BCUT2D eigenvalue weighted by atomic mass is 10.1. The van der Waals surface area contributed by atoms with Gasteiger partial charge in [-0.2, -0.15) is 5.10 Å². The fraction of sp³-hybridized carbons (Fsp3) is 0.130. The Bertz CT molecular complexity index is 938. The summed E-state index contributed by atoms with van der Waals surface area (Å²) in [6.45, 7) is 1.68. The van der Waals surface area contributed by atoms with Crippen LogP contribution in [0.1, 0.15) is 12.5 Å². The molecule has 1 atom stereocenters. The summed E-state index contributed by atoms with van der Waals surface area (Å²) in [5.41, 5.74) is 5.48. The SMILES string of the molecule is COc1ccccc1C=NNC(=O)C(C)Oc1ccc(-c2ccccc2)cc1. The van der Waals surface area contributed by atoms with Crippen LogP contribution in [-0.4, -0.2) is 25.3 Å². The summed E-state index contributed by atoms with van der Waals surface area (Å²) in [5.74, 6) is 0.970. The third-order valence-electron chi connectivity index (χ3n) is 4.16. The minimum atomic E-state index is -0.683. The maximum absolute atomic E-state index is 12.2. The summed E-state index contributed by atoms with van der Waals surface area (Å²) in [7, 11) is 1.59. The van der Waals surface area contributed by atoms with Crippen LogP contribution in [0.25, 0.3) is 11.1 Å². The van der Waals surface area contributed by atoms with Crippen LogP contribution in [0.2, 0.25) is 0 Å². The van der Waals surface area contributed by atoms with E-state index in [0.717, 1.165) is 16.7 Å². The zero-order valence-corrected chi connectivity index (χ0v) is 15.8. The lowest BCUT2D eigenvalue weighted by Crippen LogP contribution is -2.33. The molecule has 3 rings (SSSR count). The molecule has 0 aromatic heterocycles. The fourth-order valence-corrected chi connectivity index (χ4v) is 2.64. The Kier molecular flexibility index (Phi) is 6.41. The fourth-order valence-electron chi connectivity index (χ4n) is 2.64. The number of nitrogens with one attached hydrogen (secondary N) is 1. The van der Waals surface area contributed by atoms with Crippen molar-refractivity contribution in [3.05, 3.63) is 84.4 Å². The number of methoxy groups -OCH3 is 1. The van der Waals surface area contributed by atoms with Gasteiger partial charge in [0.15, 0.2) is 6.10 Å². The Labute approximate surface area is 164 Å². The van der Waals surface area contributed by atoms with Crippen LogP contribution in [0.15, 0.2) is 84.0 Å². The summed E-state index contributed by atoms with van der Waals surface area (Å²) in [6.07, 6.45) is 0.857. The van der Waals surface area contributed by atoms with Crippen LogP contribution >= 0.6 is 0 Å². The van der Waals surface area contributed by atoms with Gasteiger partial charge in [-0.25, -0.2) is 5.43 Å². The van der Waals surface area contributed by atoms with Crippen LogP contribution in [0.4, 0.5) is 0 Å². The molecule has 1 amide bonds. The monoisotopic (exact) mass is 374 g/mol. The number of hydrogen-bond acceptors (Lipinski definition) is 4. The van der Waals surface area contributed by atoms with E-state index in [1.807, 2.05) is 78.9 Å². The molecule has 3 aromatic rings. The van der Waals surface area contributed by atoms with E-state index in [4.69, 9.17) is 9.47 Å². The molecule has 0 bridgehead atoms. The van der Waals surface area contributed by atoms with Gasteiger partial charge in [0.2, 0.25) is 0 Å². The van der Waals surface area contributed by atoms with Gasteiger partial charge in [0.25, 0.3) is 5.91 Å². The first-order chi connectivity index (χ1) is 13.7. The maximum atomic E-state index is 12.2. The molecule has 0 radical (unpaired) electrons. The van der Waals surface area contributed by atoms with Gasteiger partial charge in [0, 0.05) is 5.56 Å². The van der Waals surface area contributed by atoms with Crippen molar-refractivity contribution in [1.29, 1.82) is 0 Å². The van der Waals surface area contributed by atoms with Gasteiger partial charge in [0.1, 0.15) is 11.5 Å². The smallest absolute Gasteiger partial charge is 0.280 e. The van der Waals surface area contributed by atoms with E-state index in [1.54, 1.807) is 14.0 Å². The van der Waals surface area contributed by atoms with Gasteiger partial charge in [-0.3, -0.25) is 4.79 Å². The highest BCUT2D eigenvalue weighted by Gasteiger charge is 2.14. The summed E-state index contributed by atoms with van der Waals surface area (Å²) in [5, 5.41) is 3.98. The molecule has 0 heterocycles. The number of para-hydroxylation sites is 1. The van der Waals surface area contributed by atoms with E-state index in [-0.39, 0.29) is 5.91 Å². The maximum Gasteiger partial charge on any atom is 0.280 e. The van der Waals surface area contributed by atoms with Crippen LogP contribution in [0.5, 0.6) is 11.5 Å². The predicted molar refractivity (Wildman–Crippen MR) is 111 cm³/mol. The number of carbonyl (C=O) groups is 1. The Morgan fingerprint density at radius 1 is 0.929 bits per heavy atom. The molecule has 0 fully saturated rings. The third-order valence-corrected chi connectivity index (χ3v) is 4.16. The first-order valence-corrected chi connectivity index (χ1v) is 8.95. The zero-order chi connectivity index (χ0) is 19.8. The topological polar surface area (TPSA) is 59.9 Å². The number of rotatable bonds is 7. The molecule has 0 saturated heterocycles. The van der Waals surface area contributed by atoms with Crippen molar-refractivity contribution in [3.63, 3.8) is 0 Å². The van der Waals surface area contributed by atoms with Gasteiger partial charge in [0.05, 0.1) is 13.3 Å². The van der Waals surface area contributed by atoms with Crippen LogP contribution in [0, 0.1) is 0 Å². The Balaban J connectivity index is 1.56. The molecular formula is C23H22N2O3. The molecule has 0 aliphatic carbocycles. The summed E-state index contributed by atoms with van der Waals surface area (Å²) >= 11 is 0. The minimum absolute atomic E-state index is 0.335. The van der Waals surface area contributed by atoms with E-state index in [1.165, 1.54) is 6.21 Å². The lowest BCUT2D eigenvalue weighted by molar-refractivity contribution is -0.127. The van der Waals surface area contributed by atoms with E-state index >= 15 is 0 Å². The van der Waals surface area contributed by atoms with Crippen LogP contribution < -0.4 is 14.9 Å². The van der Waals surface area contributed by atoms with E-state index in [2.05, 4.69) is 10.5 Å². The molecule has 3 aromatic carbocycles. The summed E-state index contributed by atoms with van der Waals surface area (Å²) in [4.78, 5) is 12.2. The molecule has 0 saturated carbocycles. The quantitative estimate of drug-likeness (QED) is 0.496. The largest absolute Gasteiger partial charge is 0.496 e. The van der Waals surface area contributed by atoms with Crippen molar-refractivity contribution in [3.8, 4) is 22.6 Å². The Morgan fingerprint density at radius 3 is 2.29 bits per heavy atom. The Morgan fingerprint density at radius 2 is 1.57 bits per heavy atom. The predicted octanol–water partition coefficient (Wildman–Crippen LogP) is 4.28. The summed E-state index contributed by atoms with van der Waals surface area (Å²) < 4.78 is 10.9. The number of amides is 1. The lowest BCUT2D eigenvalue weighted by Gasteiger charge is -2.13. The van der Waals surface area contributed by atoms with E-state index in [9.17, 15) is 4.79 Å². The Hall–Kier alpha value is -3.60. The zero-order valence-electron chi connectivity index (χ0n) is 15.8. The van der Waals surface area contributed by atoms with Crippen molar-refractivity contribution < 1.29 is 14.3 Å². The number of nitrogens with zero attached hydrogens (tertiary/aromatic N) is 1. The van der Waals surface area contributed by atoms with Crippen molar-refractivity contribution in [2.24, 2.45) is 5.10 Å². The second-order valence-corrected chi connectivity index (χ2v) is 6.13. The summed E-state index contributed by atoms with van der Waals surface area (Å²) in [6, 6.07) is 25.1. The second kappa shape index (κ2) is 9.37.